The standard InChI is InChI=1S/C25H32F4N8O/c1-33-21(30)20(23(32)38)22(31)36-10-6-14(7-11-36)24-35-19(13-37(24)16-4-8-34-9-5-16)15-2-3-18(26)17(12-15)25(27,28)29/h2-3,12-14,16,34H,4-11,31H2,1H3,(H2,30,33)(H2,32,38). The molecule has 7 N–H and O–H groups in total. The first-order valence-corrected chi connectivity index (χ1v) is 12.4. The molecule has 9 nitrogen and oxygen atoms in total. The average molecular weight is 537 g/mol. The van der Waals surface area contributed by atoms with Gasteiger partial charge in [0.2, 0.25) is 0 Å². The fourth-order valence-electron chi connectivity index (χ4n) is 5.16. The molecule has 206 valence electrons. The van der Waals surface area contributed by atoms with Crippen molar-refractivity contribution in [1.82, 2.24) is 19.8 Å². The number of carbonyl (C=O) groups is 1. The second-order valence-electron chi connectivity index (χ2n) is 9.56. The summed E-state index contributed by atoms with van der Waals surface area (Å²) in [6.07, 6.45) is -0.0547. The van der Waals surface area contributed by atoms with Crippen molar-refractivity contribution in [2.45, 2.75) is 43.8 Å². The summed E-state index contributed by atoms with van der Waals surface area (Å²) >= 11 is 0. The van der Waals surface area contributed by atoms with E-state index in [0.29, 0.717) is 31.6 Å². The number of rotatable bonds is 6. The second-order valence-corrected chi connectivity index (χ2v) is 9.56. The van der Waals surface area contributed by atoms with Crippen molar-refractivity contribution in [2.75, 3.05) is 33.2 Å². The summed E-state index contributed by atoms with van der Waals surface area (Å²) < 4.78 is 56.1. The monoisotopic (exact) mass is 536 g/mol. The van der Waals surface area contributed by atoms with Gasteiger partial charge < -0.3 is 32.0 Å². The Hall–Kier alpha value is -3.61. The molecule has 0 saturated carbocycles. The van der Waals surface area contributed by atoms with E-state index >= 15 is 0 Å². The molecular weight excluding hydrogens is 504 g/mol. The van der Waals surface area contributed by atoms with Gasteiger partial charge in [-0.15, -0.1) is 0 Å². The van der Waals surface area contributed by atoms with Crippen LogP contribution in [-0.2, 0) is 11.0 Å². The first kappa shape index (κ1) is 27.4. The zero-order chi connectivity index (χ0) is 27.6. The van der Waals surface area contributed by atoms with Gasteiger partial charge in [-0.3, -0.25) is 9.79 Å². The molecule has 0 bridgehead atoms. The highest BCUT2D eigenvalue weighted by Gasteiger charge is 2.35. The Morgan fingerprint density at radius 2 is 1.76 bits per heavy atom. The van der Waals surface area contributed by atoms with Gasteiger partial charge in [-0.25, -0.2) is 9.37 Å². The van der Waals surface area contributed by atoms with E-state index in [4.69, 9.17) is 22.2 Å². The molecule has 2 saturated heterocycles. The molecule has 2 aliphatic heterocycles. The largest absolute Gasteiger partial charge is 0.419 e. The van der Waals surface area contributed by atoms with Crippen LogP contribution in [-0.4, -0.2) is 59.4 Å². The first-order valence-electron chi connectivity index (χ1n) is 12.4. The van der Waals surface area contributed by atoms with Gasteiger partial charge in [-0.05, 0) is 57.0 Å². The van der Waals surface area contributed by atoms with Crippen molar-refractivity contribution >= 4 is 11.7 Å². The maximum Gasteiger partial charge on any atom is 0.419 e. The molecule has 1 aromatic carbocycles. The average Bonchev–Trinajstić information content (AvgIpc) is 3.34. The molecule has 0 radical (unpaired) electrons. The number of amidine groups is 1. The number of nitrogens with zero attached hydrogens (tertiary/aromatic N) is 4. The lowest BCUT2D eigenvalue weighted by molar-refractivity contribution is -0.140. The minimum absolute atomic E-state index is 0.000521. The van der Waals surface area contributed by atoms with Crippen LogP contribution in [0.25, 0.3) is 11.3 Å². The SMILES string of the molecule is CN=C(N)C(C(N)=O)=C(N)N1CCC(c2nc(-c3ccc(F)c(C(F)(F)F)c3)cn2C2CCNCC2)CC1. The van der Waals surface area contributed by atoms with Gasteiger partial charge in [0.15, 0.2) is 0 Å². The van der Waals surface area contributed by atoms with E-state index in [1.54, 1.807) is 6.20 Å². The van der Waals surface area contributed by atoms with Gasteiger partial charge in [0, 0.05) is 43.9 Å². The van der Waals surface area contributed by atoms with E-state index in [0.717, 1.165) is 43.9 Å². The van der Waals surface area contributed by atoms with Crippen molar-refractivity contribution in [2.24, 2.45) is 22.2 Å². The Bertz CT molecular complexity index is 1240. The maximum absolute atomic E-state index is 13.9. The number of piperidine rings is 2. The number of primary amides is 1. The highest BCUT2D eigenvalue weighted by Crippen LogP contribution is 2.37. The Balaban J connectivity index is 1.65. The predicted molar refractivity (Wildman–Crippen MR) is 135 cm³/mol. The summed E-state index contributed by atoms with van der Waals surface area (Å²) in [4.78, 5) is 22.4. The number of nitrogens with two attached hydrogens (primary N) is 3. The van der Waals surface area contributed by atoms with Crippen LogP contribution in [0.1, 0.15) is 49.0 Å². The van der Waals surface area contributed by atoms with Gasteiger partial charge in [0.05, 0.1) is 11.3 Å². The topological polar surface area (TPSA) is 141 Å². The zero-order valence-electron chi connectivity index (χ0n) is 21.1. The fraction of sp³-hybridized carbons (Fsp3) is 0.480. The van der Waals surface area contributed by atoms with Crippen LogP contribution in [0, 0.1) is 5.82 Å². The van der Waals surface area contributed by atoms with Crippen LogP contribution < -0.4 is 22.5 Å². The van der Waals surface area contributed by atoms with E-state index in [1.807, 2.05) is 4.90 Å². The van der Waals surface area contributed by atoms with E-state index in [1.165, 1.54) is 13.1 Å². The number of imidazole rings is 1. The molecule has 2 aliphatic rings. The van der Waals surface area contributed by atoms with Gasteiger partial charge >= 0.3 is 6.18 Å². The predicted octanol–water partition coefficient (Wildman–Crippen LogP) is 2.45. The molecule has 3 heterocycles. The van der Waals surface area contributed by atoms with Crippen molar-refractivity contribution in [1.29, 1.82) is 0 Å². The molecule has 2 aromatic rings. The summed E-state index contributed by atoms with van der Waals surface area (Å²) in [6, 6.07) is 3.10. The fourth-order valence-corrected chi connectivity index (χ4v) is 5.16. The van der Waals surface area contributed by atoms with Crippen LogP contribution >= 0.6 is 0 Å². The van der Waals surface area contributed by atoms with Gasteiger partial charge in [-0.2, -0.15) is 13.2 Å². The van der Waals surface area contributed by atoms with Crippen LogP contribution in [0.2, 0.25) is 0 Å². The number of alkyl halides is 3. The number of likely N-dealkylation sites (tertiary alicyclic amines) is 1. The van der Waals surface area contributed by atoms with Gasteiger partial charge in [-0.1, -0.05) is 0 Å². The molecule has 1 aromatic heterocycles. The second kappa shape index (κ2) is 11.0. The lowest BCUT2D eigenvalue weighted by Crippen LogP contribution is -2.41. The molecular formula is C25H32F4N8O. The summed E-state index contributed by atoms with van der Waals surface area (Å²) in [5, 5.41) is 3.32. The maximum atomic E-state index is 13.9. The Kier molecular flexibility index (Phi) is 7.95. The Morgan fingerprint density at radius 1 is 1.11 bits per heavy atom. The summed E-state index contributed by atoms with van der Waals surface area (Å²) in [5.74, 6) is -1.19. The van der Waals surface area contributed by atoms with Crippen LogP contribution in [0.15, 0.2) is 40.8 Å². The number of aliphatic imine (C=N–C) groups is 1. The third kappa shape index (κ3) is 5.62. The highest BCUT2D eigenvalue weighted by atomic mass is 19.4. The van der Waals surface area contributed by atoms with E-state index in [2.05, 4.69) is 14.9 Å². The molecule has 0 aliphatic carbocycles. The van der Waals surface area contributed by atoms with Crippen LogP contribution in [0.4, 0.5) is 17.6 Å². The number of amides is 1. The number of hydrogen-bond acceptors (Lipinski definition) is 6. The molecule has 4 rings (SSSR count). The van der Waals surface area contributed by atoms with Gasteiger partial charge in [0.25, 0.3) is 5.91 Å². The van der Waals surface area contributed by atoms with Crippen LogP contribution in [0.3, 0.4) is 0 Å². The van der Waals surface area contributed by atoms with Crippen molar-refractivity contribution in [3.05, 3.63) is 53.0 Å². The summed E-state index contributed by atoms with van der Waals surface area (Å²) in [6.45, 7) is 2.63. The minimum Gasteiger partial charge on any atom is -0.385 e. The molecule has 0 unspecified atom stereocenters. The number of hydrogen-bond donors (Lipinski definition) is 4. The lowest BCUT2D eigenvalue weighted by atomic mass is 9.94. The lowest BCUT2D eigenvalue weighted by Gasteiger charge is -2.35. The Labute approximate surface area is 217 Å². The number of nitrogens with one attached hydrogen (secondary N) is 1. The molecule has 0 atom stereocenters. The van der Waals surface area contributed by atoms with E-state index in [9.17, 15) is 22.4 Å². The van der Waals surface area contributed by atoms with Crippen molar-refractivity contribution in [3.63, 3.8) is 0 Å². The minimum atomic E-state index is -4.81. The summed E-state index contributed by atoms with van der Waals surface area (Å²) in [5.41, 5.74) is 16.8. The molecule has 0 spiro atoms. The number of aromatic nitrogens is 2. The van der Waals surface area contributed by atoms with Crippen molar-refractivity contribution < 1.29 is 22.4 Å². The first-order chi connectivity index (χ1) is 18.0. The molecule has 1 amide bonds. The zero-order valence-corrected chi connectivity index (χ0v) is 21.1. The highest BCUT2D eigenvalue weighted by molar-refractivity contribution is 6.20. The van der Waals surface area contributed by atoms with E-state index < -0.39 is 23.5 Å². The number of halogens is 4. The molecule has 38 heavy (non-hydrogen) atoms. The van der Waals surface area contributed by atoms with Crippen molar-refractivity contribution in [3.8, 4) is 11.3 Å². The molecule has 2 fully saturated rings. The third-order valence-electron chi connectivity index (χ3n) is 7.23. The smallest absolute Gasteiger partial charge is 0.385 e. The van der Waals surface area contributed by atoms with E-state index in [-0.39, 0.29) is 34.8 Å². The Morgan fingerprint density at radius 3 is 2.34 bits per heavy atom. The van der Waals surface area contributed by atoms with Gasteiger partial charge in [0.1, 0.15) is 28.9 Å². The quantitative estimate of drug-likeness (QED) is 0.194. The normalized spacial score (nSPS) is 19.0. The number of benzene rings is 1. The molecule has 13 heteroatoms. The number of carbonyl (C=O) groups excluding carboxylic acids is 1. The van der Waals surface area contributed by atoms with Crippen LogP contribution in [0.5, 0.6) is 0 Å². The summed E-state index contributed by atoms with van der Waals surface area (Å²) in [7, 11) is 1.44. The third-order valence-corrected chi connectivity index (χ3v) is 7.23.